The summed E-state index contributed by atoms with van der Waals surface area (Å²) < 4.78 is 0. The van der Waals surface area contributed by atoms with Gasteiger partial charge in [-0.2, -0.15) is 0 Å². The van der Waals surface area contributed by atoms with Crippen LogP contribution in [0.25, 0.3) is 0 Å². The highest BCUT2D eigenvalue weighted by Gasteiger charge is 2.28. The number of fused-ring (bicyclic) bond motifs is 1. The fourth-order valence-corrected chi connectivity index (χ4v) is 2.37. The van der Waals surface area contributed by atoms with Crippen molar-refractivity contribution < 1.29 is 4.79 Å². The zero-order valence-electron chi connectivity index (χ0n) is 7.02. The van der Waals surface area contributed by atoms with E-state index in [1.54, 1.807) is 11.1 Å². The molecule has 1 nitrogen and oxygen atoms in total. The summed E-state index contributed by atoms with van der Waals surface area (Å²) in [6.45, 7) is 2.23. The topological polar surface area (TPSA) is 17.1 Å². The average Bonchev–Trinajstić information content (AvgIpc) is 2.32. The first-order valence-corrected chi connectivity index (χ1v) is 4.47. The molecule has 0 spiro atoms. The van der Waals surface area contributed by atoms with Crippen LogP contribution in [0.15, 0.2) is 11.1 Å². The van der Waals surface area contributed by atoms with Crippen molar-refractivity contribution in [2.24, 2.45) is 5.92 Å². The summed E-state index contributed by atoms with van der Waals surface area (Å²) in [6.07, 6.45) is 5.20. The molecule has 2 aliphatic carbocycles. The molecule has 0 aliphatic heterocycles. The molecule has 0 aromatic carbocycles. The monoisotopic (exact) mass is 150 g/mol. The number of carbonyl (C=O) groups excluding carboxylic acids is 1. The van der Waals surface area contributed by atoms with Crippen LogP contribution in [0.4, 0.5) is 0 Å². The SMILES string of the molecule is CC1=C2CCC(=O)CC2CC1. The number of hydrogen-bond acceptors (Lipinski definition) is 1. The highest BCUT2D eigenvalue weighted by Crippen LogP contribution is 2.40. The first kappa shape index (κ1) is 7.08. The van der Waals surface area contributed by atoms with E-state index in [1.165, 1.54) is 12.8 Å². The fraction of sp³-hybridized carbons (Fsp3) is 0.700. The first-order chi connectivity index (χ1) is 5.27. The third-order valence-electron chi connectivity index (χ3n) is 3.06. The average molecular weight is 150 g/mol. The molecule has 1 heteroatoms. The van der Waals surface area contributed by atoms with Crippen LogP contribution in [-0.2, 0) is 4.79 Å². The van der Waals surface area contributed by atoms with E-state index in [0.717, 1.165) is 19.3 Å². The van der Waals surface area contributed by atoms with Gasteiger partial charge in [-0.3, -0.25) is 4.79 Å². The molecule has 0 radical (unpaired) electrons. The van der Waals surface area contributed by atoms with Gasteiger partial charge in [0.25, 0.3) is 0 Å². The van der Waals surface area contributed by atoms with Gasteiger partial charge in [0.05, 0.1) is 0 Å². The molecular formula is C10H14O. The van der Waals surface area contributed by atoms with E-state index in [2.05, 4.69) is 6.92 Å². The Balaban J connectivity index is 2.20. The molecule has 1 unspecified atom stereocenters. The van der Waals surface area contributed by atoms with Crippen molar-refractivity contribution in [2.75, 3.05) is 0 Å². The summed E-state index contributed by atoms with van der Waals surface area (Å²) in [7, 11) is 0. The van der Waals surface area contributed by atoms with Gasteiger partial charge in [0.2, 0.25) is 0 Å². The number of carbonyl (C=O) groups is 1. The molecule has 0 aromatic heterocycles. The second kappa shape index (κ2) is 2.47. The number of allylic oxidation sites excluding steroid dienone is 2. The molecule has 0 N–H and O–H groups in total. The van der Waals surface area contributed by atoms with Crippen LogP contribution >= 0.6 is 0 Å². The highest BCUT2D eigenvalue weighted by atomic mass is 16.1. The zero-order chi connectivity index (χ0) is 7.84. The van der Waals surface area contributed by atoms with E-state index in [1.807, 2.05) is 0 Å². The molecule has 0 saturated heterocycles. The van der Waals surface area contributed by atoms with Crippen LogP contribution in [0.3, 0.4) is 0 Å². The molecule has 2 rings (SSSR count). The van der Waals surface area contributed by atoms with Crippen LogP contribution < -0.4 is 0 Å². The van der Waals surface area contributed by atoms with Crippen molar-refractivity contribution in [3.8, 4) is 0 Å². The first-order valence-electron chi connectivity index (χ1n) is 4.47. The van der Waals surface area contributed by atoms with Gasteiger partial charge in [-0.25, -0.2) is 0 Å². The van der Waals surface area contributed by atoms with E-state index in [4.69, 9.17) is 0 Å². The van der Waals surface area contributed by atoms with E-state index in [0.29, 0.717) is 11.7 Å². The third-order valence-corrected chi connectivity index (χ3v) is 3.06. The molecular weight excluding hydrogens is 136 g/mol. The Kier molecular flexibility index (Phi) is 1.59. The Bertz CT molecular complexity index is 225. The molecule has 1 saturated carbocycles. The van der Waals surface area contributed by atoms with Crippen molar-refractivity contribution in [2.45, 2.75) is 39.0 Å². The number of rotatable bonds is 0. The van der Waals surface area contributed by atoms with E-state index < -0.39 is 0 Å². The number of Topliss-reactive ketones (excluding diaryl/α,β-unsaturated/α-hetero) is 1. The molecule has 0 heterocycles. The second-order valence-corrected chi connectivity index (χ2v) is 3.78. The van der Waals surface area contributed by atoms with Gasteiger partial charge in [0, 0.05) is 12.8 Å². The molecule has 2 aliphatic rings. The van der Waals surface area contributed by atoms with E-state index in [9.17, 15) is 4.79 Å². The van der Waals surface area contributed by atoms with Crippen molar-refractivity contribution >= 4 is 5.78 Å². The molecule has 60 valence electrons. The van der Waals surface area contributed by atoms with Crippen LogP contribution in [0.2, 0.25) is 0 Å². The lowest BCUT2D eigenvalue weighted by Crippen LogP contribution is -2.14. The van der Waals surface area contributed by atoms with Gasteiger partial charge < -0.3 is 0 Å². The quantitative estimate of drug-likeness (QED) is 0.485. The largest absolute Gasteiger partial charge is 0.300 e. The predicted octanol–water partition coefficient (Wildman–Crippen LogP) is 2.47. The maximum Gasteiger partial charge on any atom is 0.133 e. The van der Waals surface area contributed by atoms with Gasteiger partial charge >= 0.3 is 0 Å². The fourth-order valence-electron chi connectivity index (χ4n) is 2.37. The van der Waals surface area contributed by atoms with E-state index >= 15 is 0 Å². The number of ketones is 1. The molecule has 0 aromatic rings. The zero-order valence-corrected chi connectivity index (χ0v) is 7.02. The van der Waals surface area contributed by atoms with Gasteiger partial charge in [0.15, 0.2) is 0 Å². The van der Waals surface area contributed by atoms with Gasteiger partial charge in [-0.15, -0.1) is 0 Å². The molecule has 0 bridgehead atoms. The lowest BCUT2D eigenvalue weighted by molar-refractivity contribution is -0.120. The summed E-state index contributed by atoms with van der Waals surface area (Å²) in [6, 6.07) is 0. The van der Waals surface area contributed by atoms with E-state index in [-0.39, 0.29) is 0 Å². The second-order valence-electron chi connectivity index (χ2n) is 3.78. The summed E-state index contributed by atoms with van der Waals surface area (Å²) in [5, 5.41) is 0. The number of hydrogen-bond donors (Lipinski definition) is 0. The normalized spacial score (nSPS) is 31.0. The minimum Gasteiger partial charge on any atom is -0.300 e. The highest BCUT2D eigenvalue weighted by molar-refractivity contribution is 5.80. The summed E-state index contributed by atoms with van der Waals surface area (Å²) in [4.78, 5) is 11.1. The Morgan fingerprint density at radius 3 is 2.91 bits per heavy atom. The smallest absolute Gasteiger partial charge is 0.133 e. The third kappa shape index (κ3) is 1.13. The Morgan fingerprint density at radius 2 is 2.09 bits per heavy atom. The van der Waals surface area contributed by atoms with Crippen molar-refractivity contribution in [1.82, 2.24) is 0 Å². The minimum atomic E-state index is 0.480. The lowest BCUT2D eigenvalue weighted by atomic mass is 9.85. The minimum absolute atomic E-state index is 0.480. The summed E-state index contributed by atoms with van der Waals surface area (Å²) in [5.74, 6) is 1.13. The Labute approximate surface area is 67.5 Å². The predicted molar refractivity (Wildman–Crippen MR) is 44.3 cm³/mol. The maximum atomic E-state index is 11.1. The van der Waals surface area contributed by atoms with Gasteiger partial charge in [-0.1, -0.05) is 11.1 Å². The molecule has 11 heavy (non-hydrogen) atoms. The van der Waals surface area contributed by atoms with Crippen LogP contribution in [0.5, 0.6) is 0 Å². The Hall–Kier alpha value is -0.590. The van der Waals surface area contributed by atoms with Gasteiger partial charge in [-0.05, 0) is 32.1 Å². The Morgan fingerprint density at radius 1 is 1.27 bits per heavy atom. The van der Waals surface area contributed by atoms with Crippen molar-refractivity contribution in [1.29, 1.82) is 0 Å². The summed E-state index contributed by atoms with van der Waals surface area (Å²) >= 11 is 0. The lowest BCUT2D eigenvalue weighted by Gasteiger charge is -2.19. The van der Waals surface area contributed by atoms with Crippen molar-refractivity contribution in [3.05, 3.63) is 11.1 Å². The molecule has 0 amide bonds. The maximum absolute atomic E-state index is 11.1. The summed E-state index contributed by atoms with van der Waals surface area (Å²) in [5.41, 5.74) is 3.19. The van der Waals surface area contributed by atoms with Crippen LogP contribution in [0, 0.1) is 5.92 Å². The van der Waals surface area contributed by atoms with Gasteiger partial charge in [0.1, 0.15) is 5.78 Å². The standard InChI is InChI=1S/C10H14O/c1-7-2-3-8-6-9(11)4-5-10(7)8/h8H,2-6H2,1H3. The molecule has 1 fully saturated rings. The van der Waals surface area contributed by atoms with Crippen LogP contribution in [0.1, 0.15) is 39.0 Å². The molecule has 1 atom stereocenters. The van der Waals surface area contributed by atoms with Crippen molar-refractivity contribution in [3.63, 3.8) is 0 Å². The van der Waals surface area contributed by atoms with Crippen LogP contribution in [-0.4, -0.2) is 5.78 Å².